The smallest absolute Gasteiger partial charge is 0.265 e. The molecule has 4 rings (SSSR count). The average Bonchev–Trinajstić information content (AvgIpc) is 3.15. The van der Waals surface area contributed by atoms with Gasteiger partial charge in [0.05, 0.1) is 39.0 Å². The summed E-state index contributed by atoms with van der Waals surface area (Å²) in [6, 6.07) is 23.9. The number of carbonyl (C=O) groups excluding carboxylic acids is 2. The second-order valence-corrected chi connectivity index (χ2v) is 14.0. The summed E-state index contributed by atoms with van der Waals surface area (Å²) in [6.45, 7) is 3.03. The largest absolute Gasteiger partial charge is 0.497 e. The fourth-order valence-corrected chi connectivity index (χ4v) is 7.04. The lowest BCUT2D eigenvalue weighted by Crippen LogP contribution is -2.54. The van der Waals surface area contributed by atoms with Crippen molar-refractivity contribution in [2.45, 2.75) is 50.2 Å². The Labute approximate surface area is 305 Å². The van der Waals surface area contributed by atoms with E-state index in [2.05, 4.69) is 5.32 Å². The third kappa shape index (κ3) is 9.44. The van der Waals surface area contributed by atoms with Gasteiger partial charge < -0.3 is 29.2 Å². The SMILES string of the molecule is CC[C@H](C)NC(=O)[C@@H](Cc1ccccc1)N(Cc1ccccc1Cl)C(=O)CN(c1cc(OC)ccc1OC)S(=O)(=O)c1ccc(OC)c(OC)c1. The molecule has 2 amide bonds. The second kappa shape index (κ2) is 17.8. The van der Waals surface area contributed by atoms with Gasteiger partial charge in [-0.15, -0.1) is 0 Å². The van der Waals surface area contributed by atoms with Crippen molar-refractivity contribution in [1.82, 2.24) is 10.2 Å². The van der Waals surface area contributed by atoms with E-state index in [9.17, 15) is 18.0 Å². The standard InChI is InChI=1S/C38H44ClN3O8S/c1-7-26(2)40-38(44)33(21-27-13-9-8-10-14-27)41(24-28-15-11-12-16-31(28)39)37(43)25-42(32-22-29(47-3)17-19-34(32)48-4)51(45,46)30-18-20-35(49-5)36(23-30)50-6/h8-20,22-23,26,33H,7,21,24-25H2,1-6H3,(H,40,44)/t26-,33+/m0/s1. The minimum absolute atomic E-state index is 0.0429. The molecule has 0 heterocycles. The Morgan fingerprint density at radius 2 is 1.45 bits per heavy atom. The van der Waals surface area contributed by atoms with Crippen molar-refractivity contribution in [3.63, 3.8) is 0 Å². The van der Waals surface area contributed by atoms with E-state index in [1.54, 1.807) is 36.4 Å². The fraction of sp³-hybridized carbons (Fsp3) is 0.316. The Balaban J connectivity index is 1.91. The molecule has 4 aromatic rings. The van der Waals surface area contributed by atoms with Crippen molar-refractivity contribution < 1.29 is 37.0 Å². The lowest BCUT2D eigenvalue weighted by atomic mass is 10.0. The number of rotatable bonds is 17. The Hall–Kier alpha value is -4.94. The van der Waals surface area contributed by atoms with Gasteiger partial charge in [-0.3, -0.25) is 13.9 Å². The van der Waals surface area contributed by atoms with Gasteiger partial charge in [0.25, 0.3) is 10.0 Å². The minimum atomic E-state index is -4.52. The lowest BCUT2D eigenvalue weighted by Gasteiger charge is -2.34. The molecular formula is C38H44ClN3O8S. The molecule has 0 spiro atoms. The van der Waals surface area contributed by atoms with Crippen molar-refractivity contribution in [3.05, 3.63) is 107 Å². The monoisotopic (exact) mass is 737 g/mol. The van der Waals surface area contributed by atoms with Gasteiger partial charge in [-0.2, -0.15) is 0 Å². The molecule has 1 N–H and O–H groups in total. The van der Waals surface area contributed by atoms with Gasteiger partial charge in [-0.25, -0.2) is 8.42 Å². The van der Waals surface area contributed by atoms with E-state index in [1.807, 2.05) is 44.2 Å². The van der Waals surface area contributed by atoms with E-state index in [1.165, 1.54) is 57.6 Å². The van der Waals surface area contributed by atoms with Crippen molar-refractivity contribution in [2.24, 2.45) is 0 Å². The predicted molar refractivity (Wildman–Crippen MR) is 197 cm³/mol. The number of sulfonamides is 1. The fourth-order valence-electron chi connectivity index (χ4n) is 5.41. The molecule has 0 unspecified atom stereocenters. The number of anilines is 1. The number of benzene rings is 4. The van der Waals surface area contributed by atoms with Gasteiger partial charge >= 0.3 is 0 Å². The van der Waals surface area contributed by atoms with Crippen molar-refractivity contribution in [3.8, 4) is 23.0 Å². The van der Waals surface area contributed by atoms with Crippen molar-refractivity contribution in [1.29, 1.82) is 0 Å². The van der Waals surface area contributed by atoms with Crippen LogP contribution in [0.15, 0.2) is 95.9 Å². The molecule has 11 nitrogen and oxygen atoms in total. The number of hydrogen-bond acceptors (Lipinski definition) is 8. The number of nitrogens with zero attached hydrogens (tertiary/aromatic N) is 2. The molecular weight excluding hydrogens is 694 g/mol. The molecule has 0 bridgehead atoms. The van der Waals surface area contributed by atoms with Crippen LogP contribution in [0.4, 0.5) is 5.69 Å². The highest BCUT2D eigenvalue weighted by molar-refractivity contribution is 7.92. The third-order valence-electron chi connectivity index (χ3n) is 8.45. The number of nitrogens with one attached hydrogen (secondary N) is 1. The molecule has 0 fully saturated rings. The van der Waals surface area contributed by atoms with Crippen LogP contribution in [-0.4, -0.2) is 72.2 Å². The molecule has 0 aromatic heterocycles. The molecule has 272 valence electrons. The van der Waals surface area contributed by atoms with Crippen LogP contribution < -0.4 is 28.6 Å². The summed E-state index contributed by atoms with van der Waals surface area (Å²) >= 11 is 6.61. The van der Waals surface area contributed by atoms with E-state index >= 15 is 0 Å². The maximum atomic E-state index is 14.9. The first-order valence-electron chi connectivity index (χ1n) is 16.3. The first kappa shape index (κ1) is 38.9. The molecule has 0 aliphatic rings. The summed E-state index contributed by atoms with van der Waals surface area (Å²) in [6.07, 6.45) is 0.819. The Bertz CT molecular complexity index is 1910. The molecule has 0 radical (unpaired) electrons. The highest BCUT2D eigenvalue weighted by atomic mass is 35.5. The number of ether oxygens (including phenoxy) is 4. The summed E-state index contributed by atoms with van der Waals surface area (Å²) in [4.78, 5) is 30.2. The number of amides is 2. The Morgan fingerprint density at radius 3 is 2.08 bits per heavy atom. The van der Waals surface area contributed by atoms with Gasteiger partial charge in [0.15, 0.2) is 11.5 Å². The normalized spacial score (nSPS) is 12.3. The number of carbonyl (C=O) groups is 2. The van der Waals surface area contributed by atoms with Crippen LogP contribution in [0.5, 0.6) is 23.0 Å². The van der Waals surface area contributed by atoms with Gasteiger partial charge in [0.2, 0.25) is 11.8 Å². The zero-order chi connectivity index (χ0) is 37.1. The summed E-state index contributed by atoms with van der Waals surface area (Å²) in [7, 11) is 1.15. The summed E-state index contributed by atoms with van der Waals surface area (Å²) in [5.74, 6) is -0.0624. The second-order valence-electron chi connectivity index (χ2n) is 11.7. The first-order chi connectivity index (χ1) is 24.5. The molecule has 2 atom stereocenters. The summed E-state index contributed by atoms with van der Waals surface area (Å²) < 4.78 is 52.1. The molecule has 0 aliphatic heterocycles. The van der Waals surface area contributed by atoms with Gasteiger partial charge in [0, 0.05) is 36.2 Å². The molecule has 0 saturated carbocycles. The van der Waals surface area contributed by atoms with Crippen molar-refractivity contribution in [2.75, 3.05) is 39.3 Å². The summed E-state index contributed by atoms with van der Waals surface area (Å²) in [5.41, 5.74) is 1.43. The van der Waals surface area contributed by atoms with E-state index in [-0.39, 0.29) is 47.0 Å². The van der Waals surface area contributed by atoms with E-state index < -0.39 is 28.5 Å². The minimum Gasteiger partial charge on any atom is -0.497 e. The number of hydrogen-bond donors (Lipinski definition) is 1. The summed E-state index contributed by atoms with van der Waals surface area (Å²) in [5, 5.41) is 3.41. The van der Waals surface area contributed by atoms with Gasteiger partial charge in [-0.05, 0) is 54.8 Å². The van der Waals surface area contributed by atoms with Crippen LogP contribution in [0.2, 0.25) is 5.02 Å². The van der Waals surface area contributed by atoms with Crippen LogP contribution >= 0.6 is 11.6 Å². The zero-order valence-corrected chi connectivity index (χ0v) is 31.2. The van der Waals surface area contributed by atoms with Crippen molar-refractivity contribution >= 4 is 39.1 Å². The number of methoxy groups -OCH3 is 4. The molecule has 51 heavy (non-hydrogen) atoms. The quantitative estimate of drug-likeness (QED) is 0.138. The Morgan fingerprint density at radius 1 is 0.804 bits per heavy atom. The lowest BCUT2D eigenvalue weighted by molar-refractivity contribution is -0.140. The van der Waals surface area contributed by atoms with Gasteiger partial charge in [0.1, 0.15) is 24.1 Å². The van der Waals surface area contributed by atoms with E-state index in [0.29, 0.717) is 28.5 Å². The highest BCUT2D eigenvalue weighted by Gasteiger charge is 2.36. The van der Waals surface area contributed by atoms with Crippen LogP contribution in [0.3, 0.4) is 0 Å². The maximum absolute atomic E-state index is 14.9. The van der Waals surface area contributed by atoms with Gasteiger partial charge in [-0.1, -0.05) is 67.1 Å². The predicted octanol–water partition coefficient (Wildman–Crippen LogP) is 6.12. The van der Waals surface area contributed by atoms with Crippen LogP contribution in [0.25, 0.3) is 0 Å². The molecule has 4 aromatic carbocycles. The topological polar surface area (TPSA) is 124 Å². The maximum Gasteiger partial charge on any atom is 0.265 e. The molecule has 0 saturated heterocycles. The first-order valence-corrected chi connectivity index (χ1v) is 18.1. The number of halogens is 1. The third-order valence-corrected chi connectivity index (χ3v) is 10.6. The van der Waals surface area contributed by atoms with Crippen LogP contribution in [0, 0.1) is 0 Å². The molecule has 0 aliphatic carbocycles. The molecule has 13 heteroatoms. The average molecular weight is 738 g/mol. The van der Waals surface area contributed by atoms with Crippen LogP contribution in [0.1, 0.15) is 31.4 Å². The van der Waals surface area contributed by atoms with E-state index in [0.717, 1.165) is 9.87 Å². The Kier molecular flexibility index (Phi) is 13.6. The zero-order valence-electron chi connectivity index (χ0n) is 29.6. The highest BCUT2D eigenvalue weighted by Crippen LogP contribution is 2.38. The van der Waals surface area contributed by atoms with E-state index in [4.69, 9.17) is 30.5 Å². The van der Waals surface area contributed by atoms with Crippen LogP contribution in [-0.2, 0) is 32.6 Å².